The molecule has 0 aliphatic rings. The summed E-state index contributed by atoms with van der Waals surface area (Å²) >= 11 is 0. The molecule has 286 valence electrons. The van der Waals surface area contributed by atoms with E-state index < -0.39 is 65.7 Å². The van der Waals surface area contributed by atoms with E-state index in [2.05, 4.69) is 26.3 Å². The monoisotopic (exact) mass is 721 g/mol. The van der Waals surface area contributed by atoms with Crippen LogP contribution < -0.4 is 55.7 Å². The topological polar surface area (TPSA) is 359 Å². The Bertz CT molecular complexity index is 1310. The largest absolute Gasteiger partial charge is 0.508 e. The molecule has 19 nitrogen and oxygen atoms in total. The van der Waals surface area contributed by atoms with Crippen molar-refractivity contribution in [2.24, 2.45) is 39.4 Å². The number of benzene rings is 1. The Hall–Kier alpha value is -5.01. The predicted octanol–water partition coefficient (Wildman–Crippen LogP) is -3.14. The van der Waals surface area contributed by atoms with E-state index in [4.69, 9.17) is 34.4 Å². The van der Waals surface area contributed by atoms with Gasteiger partial charge in [-0.15, -0.1) is 0 Å². The maximum Gasteiger partial charge on any atom is 0.326 e. The highest BCUT2D eigenvalue weighted by atomic mass is 16.4. The first-order chi connectivity index (χ1) is 24.2. The lowest BCUT2D eigenvalue weighted by Crippen LogP contribution is -2.58. The van der Waals surface area contributed by atoms with Crippen LogP contribution in [0.2, 0.25) is 0 Å². The van der Waals surface area contributed by atoms with Crippen molar-refractivity contribution in [2.75, 3.05) is 19.6 Å². The number of hydrogen-bond acceptors (Lipinski definition) is 11. The number of unbranched alkanes of at least 4 members (excludes halogenated alkanes) is 2. The van der Waals surface area contributed by atoms with E-state index in [1.165, 1.54) is 24.3 Å². The van der Waals surface area contributed by atoms with Gasteiger partial charge >= 0.3 is 5.97 Å². The molecule has 1 aromatic carbocycles. The molecule has 0 saturated heterocycles. The number of rotatable bonds is 26. The SMILES string of the molecule is NCCCC[C@H](NC(=O)[C@H](CCC(N)=O)NC(=O)[C@H](CCCN=C(N)N)NC(=O)[C@@H](N)CCCCN)C(=O)N[C@@H](Cc1ccc(O)cc1)C(=O)O. The normalized spacial score (nSPS) is 13.8. The van der Waals surface area contributed by atoms with Crippen LogP contribution in [0.15, 0.2) is 29.3 Å². The van der Waals surface area contributed by atoms with E-state index in [1.54, 1.807) is 0 Å². The minimum atomic E-state index is -1.39. The minimum Gasteiger partial charge on any atom is -0.508 e. The molecule has 0 aliphatic carbocycles. The lowest BCUT2D eigenvalue weighted by atomic mass is 10.0. The highest BCUT2D eigenvalue weighted by molar-refractivity contribution is 5.95. The number of nitrogens with zero attached hydrogens (tertiary/aromatic N) is 1. The molecule has 0 aromatic heterocycles. The van der Waals surface area contributed by atoms with Gasteiger partial charge in [0.15, 0.2) is 5.96 Å². The summed E-state index contributed by atoms with van der Waals surface area (Å²) < 4.78 is 0. The highest BCUT2D eigenvalue weighted by Gasteiger charge is 2.32. The van der Waals surface area contributed by atoms with E-state index in [0.29, 0.717) is 50.8 Å². The van der Waals surface area contributed by atoms with Crippen molar-refractivity contribution in [1.29, 1.82) is 0 Å². The molecule has 0 unspecified atom stereocenters. The lowest BCUT2D eigenvalue weighted by Gasteiger charge is -2.26. The average molecular weight is 722 g/mol. The Morgan fingerprint density at radius 3 is 1.61 bits per heavy atom. The number of aliphatic carboxylic acids is 1. The first-order valence-corrected chi connectivity index (χ1v) is 16.9. The predicted molar refractivity (Wildman–Crippen MR) is 189 cm³/mol. The molecule has 0 fully saturated rings. The quantitative estimate of drug-likeness (QED) is 0.0256. The van der Waals surface area contributed by atoms with E-state index >= 15 is 0 Å². The number of hydrogen-bond donors (Lipinski definition) is 12. The third-order valence-corrected chi connectivity index (χ3v) is 7.77. The molecule has 5 amide bonds. The molecule has 1 aromatic rings. The maximum atomic E-state index is 13.6. The number of phenols is 1. The second-order valence-electron chi connectivity index (χ2n) is 12.1. The molecule has 0 radical (unpaired) electrons. The Labute approximate surface area is 297 Å². The summed E-state index contributed by atoms with van der Waals surface area (Å²) in [7, 11) is 0. The number of phenolic OH excluding ortho intramolecular Hbond substituents is 1. The standard InChI is InChI=1S/C32H55N11O8/c33-15-3-1-6-21(35)27(46)40-23(8-5-17-39-32(37)38)28(47)42-24(13-14-26(36)45)30(49)41-22(7-2-4-16-34)29(48)43-25(31(50)51)18-19-9-11-20(44)12-10-19/h9-12,21-25,44H,1-8,13-18,33-35H2,(H2,36,45)(H,40,46)(H,41,49)(H,42,47)(H,43,48)(H,50,51)(H4,37,38,39)/t21-,22-,23-,24-,25-/m0/s1. The van der Waals surface area contributed by atoms with E-state index in [9.17, 15) is 39.0 Å². The summed E-state index contributed by atoms with van der Waals surface area (Å²) in [4.78, 5) is 81.1. The van der Waals surface area contributed by atoms with Crippen molar-refractivity contribution in [1.82, 2.24) is 21.3 Å². The molecule has 0 aliphatic heterocycles. The smallest absolute Gasteiger partial charge is 0.326 e. The zero-order valence-electron chi connectivity index (χ0n) is 28.9. The van der Waals surface area contributed by atoms with Gasteiger partial charge in [0.25, 0.3) is 0 Å². The minimum absolute atomic E-state index is 0.0168. The fourth-order valence-electron chi connectivity index (χ4n) is 4.89. The van der Waals surface area contributed by atoms with Gasteiger partial charge in [-0.05, 0) is 82.2 Å². The summed E-state index contributed by atoms with van der Waals surface area (Å²) in [5, 5.41) is 29.5. The van der Waals surface area contributed by atoms with Gasteiger partial charge in [-0.25, -0.2) is 4.79 Å². The third-order valence-electron chi connectivity index (χ3n) is 7.77. The molecule has 18 N–H and O–H groups in total. The Kier molecular flexibility index (Phi) is 20.9. The van der Waals surface area contributed by atoms with Crippen LogP contribution in [0.4, 0.5) is 0 Å². The zero-order valence-corrected chi connectivity index (χ0v) is 28.9. The van der Waals surface area contributed by atoms with Gasteiger partial charge in [-0.3, -0.25) is 29.0 Å². The first-order valence-electron chi connectivity index (χ1n) is 16.9. The highest BCUT2D eigenvalue weighted by Crippen LogP contribution is 2.13. The molecule has 0 saturated carbocycles. The van der Waals surface area contributed by atoms with Crippen LogP contribution in [0.1, 0.15) is 69.8 Å². The summed E-state index contributed by atoms with van der Waals surface area (Å²) in [5.74, 6) is -5.32. The van der Waals surface area contributed by atoms with Gasteiger partial charge in [0, 0.05) is 19.4 Å². The van der Waals surface area contributed by atoms with E-state index in [-0.39, 0.29) is 56.8 Å². The summed E-state index contributed by atoms with van der Waals surface area (Å²) in [6, 6.07) is -0.365. The third kappa shape index (κ3) is 18.5. The number of carbonyl (C=O) groups is 6. The second-order valence-corrected chi connectivity index (χ2v) is 12.1. The van der Waals surface area contributed by atoms with E-state index in [0.717, 1.165) is 0 Å². The number of guanidine groups is 1. The first kappa shape index (κ1) is 44.0. The Balaban J connectivity index is 3.22. The van der Waals surface area contributed by atoms with Gasteiger partial charge in [-0.2, -0.15) is 0 Å². The summed E-state index contributed by atoms with van der Waals surface area (Å²) in [6.45, 7) is 0.860. The van der Waals surface area contributed by atoms with Crippen molar-refractivity contribution in [2.45, 2.75) is 101 Å². The van der Waals surface area contributed by atoms with Crippen LogP contribution in [-0.4, -0.2) is 102 Å². The average Bonchev–Trinajstić information content (AvgIpc) is 3.07. The van der Waals surface area contributed by atoms with Gasteiger partial charge in [0.1, 0.15) is 29.9 Å². The van der Waals surface area contributed by atoms with Gasteiger partial charge in [0.05, 0.1) is 6.04 Å². The van der Waals surface area contributed by atoms with Crippen LogP contribution in [0, 0.1) is 0 Å². The van der Waals surface area contributed by atoms with Gasteiger partial charge in [-0.1, -0.05) is 18.6 Å². The van der Waals surface area contributed by atoms with Gasteiger partial charge in [0.2, 0.25) is 29.5 Å². The number of primary amides is 1. The van der Waals surface area contributed by atoms with Crippen LogP contribution in [0.5, 0.6) is 5.75 Å². The van der Waals surface area contributed by atoms with E-state index in [1.807, 2.05) is 0 Å². The molecule has 19 heteroatoms. The molecule has 0 bridgehead atoms. The second kappa shape index (κ2) is 24.2. The zero-order chi connectivity index (χ0) is 38.3. The van der Waals surface area contributed by atoms with Crippen molar-refractivity contribution in [3.63, 3.8) is 0 Å². The van der Waals surface area contributed by atoms with Crippen LogP contribution in [0.25, 0.3) is 0 Å². The van der Waals surface area contributed by atoms with Crippen LogP contribution in [-0.2, 0) is 35.2 Å². The van der Waals surface area contributed by atoms with Gasteiger partial charge < -0.3 is 65.9 Å². The number of aliphatic imine (C=N–C) groups is 1. The maximum absolute atomic E-state index is 13.6. The van der Waals surface area contributed by atoms with Crippen LogP contribution in [0.3, 0.4) is 0 Å². The van der Waals surface area contributed by atoms with Crippen molar-refractivity contribution in [3.05, 3.63) is 29.8 Å². The number of carbonyl (C=O) groups excluding carboxylic acids is 5. The fourth-order valence-corrected chi connectivity index (χ4v) is 4.89. The summed E-state index contributed by atoms with van der Waals surface area (Å²) in [5.41, 5.74) is 33.8. The molecule has 5 atom stereocenters. The lowest BCUT2D eigenvalue weighted by molar-refractivity contribution is -0.142. The number of carboxylic acid groups (broad SMARTS) is 1. The Morgan fingerprint density at radius 2 is 1.12 bits per heavy atom. The number of carboxylic acids is 1. The molecular formula is C32H55N11O8. The number of nitrogens with one attached hydrogen (secondary N) is 4. The number of amides is 5. The molecular weight excluding hydrogens is 666 g/mol. The van der Waals surface area contributed by atoms with Crippen LogP contribution >= 0.6 is 0 Å². The summed E-state index contributed by atoms with van der Waals surface area (Å²) in [6.07, 6.45) is 2.14. The van der Waals surface area contributed by atoms with Crippen molar-refractivity contribution < 1.29 is 39.0 Å². The molecule has 0 heterocycles. The molecule has 0 spiro atoms. The fraction of sp³-hybridized carbons (Fsp3) is 0.594. The van der Waals surface area contributed by atoms with Crippen molar-refractivity contribution >= 4 is 41.5 Å². The van der Waals surface area contributed by atoms with Crippen molar-refractivity contribution in [3.8, 4) is 5.75 Å². The molecule has 1 rings (SSSR count). The Morgan fingerprint density at radius 1 is 0.647 bits per heavy atom. The number of nitrogens with two attached hydrogens (primary N) is 6. The number of aromatic hydroxyl groups is 1. The molecule has 51 heavy (non-hydrogen) atoms.